The molecular weight excluding hydrogens is 298 g/mol. The van der Waals surface area contributed by atoms with Crippen LogP contribution in [-0.2, 0) is 0 Å². The zero-order chi connectivity index (χ0) is 14.7. The van der Waals surface area contributed by atoms with Crippen LogP contribution in [0.4, 0.5) is 11.4 Å². The van der Waals surface area contributed by atoms with Crippen molar-refractivity contribution in [2.45, 2.75) is 19.8 Å². The summed E-state index contributed by atoms with van der Waals surface area (Å²) < 4.78 is 0. The molecular formula is C13H16ClN3O2S. The highest BCUT2D eigenvalue weighted by Crippen LogP contribution is 2.27. The number of benzene rings is 1. The Morgan fingerprint density at radius 2 is 2.35 bits per heavy atom. The second-order valence-electron chi connectivity index (χ2n) is 5.04. The quantitative estimate of drug-likeness (QED) is 0.513. The van der Waals surface area contributed by atoms with Crippen LogP contribution in [0, 0.1) is 16.0 Å². The van der Waals surface area contributed by atoms with Crippen molar-refractivity contribution >= 4 is 40.3 Å². The molecule has 2 rings (SSSR count). The highest BCUT2D eigenvalue weighted by atomic mass is 35.5. The Bertz CT molecular complexity index is 538. The van der Waals surface area contributed by atoms with Crippen molar-refractivity contribution in [3.8, 4) is 0 Å². The minimum atomic E-state index is -0.451. The fourth-order valence-electron chi connectivity index (χ4n) is 2.29. The van der Waals surface area contributed by atoms with Crippen LogP contribution in [0.25, 0.3) is 0 Å². The molecule has 5 nitrogen and oxygen atoms in total. The van der Waals surface area contributed by atoms with Crippen molar-refractivity contribution in [2.24, 2.45) is 5.92 Å². The van der Waals surface area contributed by atoms with E-state index in [9.17, 15) is 10.1 Å². The van der Waals surface area contributed by atoms with Crippen LogP contribution >= 0.6 is 23.8 Å². The van der Waals surface area contributed by atoms with E-state index in [1.165, 1.54) is 24.6 Å². The maximum atomic E-state index is 10.8. The first-order valence-electron chi connectivity index (χ1n) is 6.47. The van der Waals surface area contributed by atoms with Gasteiger partial charge in [-0.1, -0.05) is 18.5 Å². The van der Waals surface area contributed by atoms with E-state index in [0.717, 1.165) is 19.5 Å². The lowest BCUT2D eigenvalue weighted by molar-refractivity contribution is -0.384. The minimum absolute atomic E-state index is 0.00767. The smallest absolute Gasteiger partial charge is 0.271 e. The van der Waals surface area contributed by atoms with E-state index in [1.807, 2.05) is 0 Å². The molecule has 0 amide bonds. The number of nitro benzene ring substituents is 1. The summed E-state index contributed by atoms with van der Waals surface area (Å²) >= 11 is 11.4. The first-order chi connectivity index (χ1) is 9.47. The molecule has 1 fully saturated rings. The average Bonchev–Trinajstić information content (AvgIpc) is 2.41. The van der Waals surface area contributed by atoms with Crippen LogP contribution in [0.1, 0.15) is 19.8 Å². The molecule has 0 saturated carbocycles. The van der Waals surface area contributed by atoms with Crippen molar-refractivity contribution in [3.63, 3.8) is 0 Å². The van der Waals surface area contributed by atoms with Gasteiger partial charge in [0.15, 0.2) is 5.11 Å². The number of nitro groups is 1. The number of halogens is 1. The van der Waals surface area contributed by atoms with Crippen LogP contribution in [0.2, 0.25) is 5.02 Å². The lowest BCUT2D eigenvalue weighted by Crippen LogP contribution is -2.41. The zero-order valence-corrected chi connectivity index (χ0v) is 12.7. The first kappa shape index (κ1) is 15.0. The lowest BCUT2D eigenvalue weighted by atomic mass is 10.0. The molecule has 0 unspecified atom stereocenters. The summed E-state index contributed by atoms with van der Waals surface area (Å²) in [6, 6.07) is 4.28. The number of thiocarbonyl (C=S) groups is 1. The predicted molar refractivity (Wildman–Crippen MR) is 84.3 cm³/mol. The molecule has 1 aliphatic heterocycles. The molecule has 1 aliphatic rings. The number of likely N-dealkylation sites (tertiary alicyclic amines) is 1. The summed E-state index contributed by atoms with van der Waals surface area (Å²) in [5.74, 6) is 0.601. The molecule has 0 aromatic heterocycles. The fourth-order valence-corrected chi connectivity index (χ4v) is 2.73. The van der Waals surface area contributed by atoms with Gasteiger partial charge in [0.1, 0.15) is 0 Å². The van der Waals surface area contributed by atoms with E-state index >= 15 is 0 Å². The van der Waals surface area contributed by atoms with Crippen molar-refractivity contribution in [1.82, 2.24) is 4.90 Å². The summed E-state index contributed by atoms with van der Waals surface area (Å²) in [4.78, 5) is 12.4. The van der Waals surface area contributed by atoms with E-state index in [2.05, 4.69) is 17.1 Å². The normalized spacial score (nSPS) is 18.7. The second-order valence-corrected chi connectivity index (χ2v) is 5.84. The molecule has 7 heteroatoms. The highest BCUT2D eigenvalue weighted by molar-refractivity contribution is 7.80. The third-order valence-electron chi connectivity index (χ3n) is 3.35. The van der Waals surface area contributed by atoms with Crippen molar-refractivity contribution in [2.75, 3.05) is 18.4 Å². The molecule has 1 saturated heterocycles. The molecule has 1 aromatic carbocycles. The predicted octanol–water partition coefficient (Wildman–Crippen LogP) is 3.68. The Balaban J connectivity index is 2.10. The summed E-state index contributed by atoms with van der Waals surface area (Å²) in [5.41, 5.74) is 0.468. The highest BCUT2D eigenvalue weighted by Gasteiger charge is 2.19. The van der Waals surface area contributed by atoms with Gasteiger partial charge in [-0.05, 0) is 37.0 Å². The van der Waals surface area contributed by atoms with Crippen molar-refractivity contribution in [3.05, 3.63) is 33.3 Å². The molecule has 0 bridgehead atoms. The first-order valence-corrected chi connectivity index (χ1v) is 7.26. The minimum Gasteiger partial charge on any atom is -0.349 e. The molecule has 1 aromatic rings. The van der Waals surface area contributed by atoms with Gasteiger partial charge in [-0.3, -0.25) is 10.1 Å². The molecule has 1 N–H and O–H groups in total. The molecule has 0 radical (unpaired) electrons. The summed E-state index contributed by atoms with van der Waals surface area (Å²) in [7, 11) is 0. The van der Waals surface area contributed by atoms with Gasteiger partial charge < -0.3 is 10.2 Å². The summed E-state index contributed by atoms with van der Waals surface area (Å²) in [5, 5.41) is 14.8. The topological polar surface area (TPSA) is 58.4 Å². The summed E-state index contributed by atoms with van der Waals surface area (Å²) in [6.45, 7) is 4.00. The molecule has 108 valence electrons. The van der Waals surface area contributed by atoms with Crippen molar-refractivity contribution < 1.29 is 4.92 Å². The van der Waals surface area contributed by atoms with Gasteiger partial charge in [-0.25, -0.2) is 0 Å². The van der Waals surface area contributed by atoms with Gasteiger partial charge in [0, 0.05) is 25.2 Å². The third-order valence-corrected chi connectivity index (χ3v) is 4.04. The summed E-state index contributed by atoms with van der Waals surface area (Å²) in [6.07, 6.45) is 2.31. The van der Waals surface area contributed by atoms with Crippen LogP contribution < -0.4 is 5.32 Å². The molecule has 0 aliphatic carbocycles. The van der Waals surface area contributed by atoms with Gasteiger partial charge in [-0.15, -0.1) is 0 Å². The van der Waals surface area contributed by atoms with Crippen LogP contribution in [-0.4, -0.2) is 28.0 Å². The Hall–Kier alpha value is -1.40. The van der Waals surface area contributed by atoms with Crippen LogP contribution in [0.15, 0.2) is 18.2 Å². The number of anilines is 1. The van der Waals surface area contributed by atoms with E-state index in [1.54, 1.807) is 0 Å². The number of rotatable bonds is 2. The van der Waals surface area contributed by atoms with Crippen LogP contribution in [0.3, 0.4) is 0 Å². The number of non-ortho nitro benzene ring substituents is 1. The molecule has 0 spiro atoms. The Morgan fingerprint density at radius 3 is 3.00 bits per heavy atom. The average molecular weight is 314 g/mol. The van der Waals surface area contributed by atoms with E-state index in [4.69, 9.17) is 23.8 Å². The maximum absolute atomic E-state index is 10.8. The van der Waals surface area contributed by atoms with E-state index in [-0.39, 0.29) is 5.69 Å². The number of piperidine rings is 1. The SMILES string of the molecule is C[C@@H]1CCCN(C(=S)Nc2cc([N+](=O)[O-])ccc2Cl)C1. The van der Waals surface area contributed by atoms with Crippen molar-refractivity contribution in [1.29, 1.82) is 0 Å². The zero-order valence-electron chi connectivity index (χ0n) is 11.1. The molecule has 20 heavy (non-hydrogen) atoms. The van der Waals surface area contributed by atoms with Crippen LogP contribution in [0.5, 0.6) is 0 Å². The maximum Gasteiger partial charge on any atom is 0.271 e. The monoisotopic (exact) mass is 313 g/mol. The van der Waals surface area contributed by atoms with Gasteiger partial charge in [0.25, 0.3) is 5.69 Å². The van der Waals surface area contributed by atoms with E-state index < -0.39 is 4.92 Å². The largest absolute Gasteiger partial charge is 0.349 e. The second kappa shape index (κ2) is 6.37. The number of hydrogen-bond acceptors (Lipinski definition) is 3. The van der Waals surface area contributed by atoms with Gasteiger partial charge in [0.05, 0.1) is 15.6 Å². The Labute approximate surface area is 128 Å². The number of nitrogens with one attached hydrogen (secondary N) is 1. The molecule has 1 atom stereocenters. The Kier molecular flexibility index (Phi) is 4.77. The standard InChI is InChI=1S/C13H16ClN3O2S/c1-9-3-2-6-16(8-9)13(20)15-12-7-10(17(18)19)4-5-11(12)14/h4-5,7,9H,2-3,6,8H2,1H3,(H,15,20)/t9-/m1/s1. The molecule has 1 heterocycles. The number of hydrogen-bond donors (Lipinski definition) is 1. The fraction of sp³-hybridized carbons (Fsp3) is 0.462. The van der Waals surface area contributed by atoms with Gasteiger partial charge >= 0.3 is 0 Å². The third kappa shape index (κ3) is 3.58. The van der Waals surface area contributed by atoms with E-state index in [0.29, 0.717) is 21.7 Å². The lowest BCUT2D eigenvalue weighted by Gasteiger charge is -2.33. The number of nitrogens with zero attached hydrogens (tertiary/aromatic N) is 2. The van der Waals surface area contributed by atoms with Gasteiger partial charge in [0.2, 0.25) is 0 Å². The van der Waals surface area contributed by atoms with Gasteiger partial charge in [-0.2, -0.15) is 0 Å². The Morgan fingerprint density at radius 1 is 1.60 bits per heavy atom.